The highest BCUT2D eigenvalue weighted by molar-refractivity contribution is 5.78. The normalized spacial score (nSPS) is 18.3. The van der Waals surface area contributed by atoms with Gasteiger partial charge in [-0.25, -0.2) is 9.98 Å². The second kappa shape index (κ2) is 6.88. The molecule has 0 fully saturated rings. The van der Waals surface area contributed by atoms with Crippen molar-refractivity contribution in [2.24, 2.45) is 10.7 Å². The summed E-state index contributed by atoms with van der Waals surface area (Å²) in [5.41, 5.74) is 9.41. The lowest BCUT2D eigenvalue weighted by Crippen LogP contribution is -2.31. The second-order valence-corrected chi connectivity index (χ2v) is 7.69. The number of benzene rings is 2. The van der Waals surface area contributed by atoms with Gasteiger partial charge in [0.1, 0.15) is 12.4 Å². The molecule has 0 unspecified atom stereocenters. The first-order chi connectivity index (χ1) is 15.6. The van der Waals surface area contributed by atoms with Crippen molar-refractivity contribution >= 4 is 6.02 Å². The number of fused-ring (bicyclic) bond motifs is 4. The van der Waals surface area contributed by atoms with Crippen molar-refractivity contribution in [2.75, 3.05) is 6.61 Å². The number of pyridine rings is 2. The summed E-state index contributed by atoms with van der Waals surface area (Å²) in [6.07, 6.45) is 3.12. The van der Waals surface area contributed by atoms with Crippen LogP contribution in [0.4, 0.5) is 4.39 Å². The zero-order valence-corrected chi connectivity index (χ0v) is 16.8. The zero-order valence-electron chi connectivity index (χ0n) is 16.8. The Kier molecular flexibility index (Phi) is 3.98. The van der Waals surface area contributed by atoms with Crippen LogP contribution in [0.15, 0.2) is 84.1 Å². The fraction of sp³-hybridized carbons (Fsp3) is 0.0800. The first kappa shape index (κ1) is 18.5. The SMILES string of the molecule is NC1=N[C@@]2(CO1)c1cc(-c3cccnc3F)ccc1Oc1cnc(-c3ccccc3)cc12. The molecule has 32 heavy (non-hydrogen) atoms. The third kappa shape index (κ3) is 2.75. The predicted octanol–water partition coefficient (Wildman–Crippen LogP) is 4.64. The van der Waals surface area contributed by atoms with E-state index in [0.29, 0.717) is 22.6 Å². The minimum absolute atomic E-state index is 0.0971. The standard InChI is InChI=1S/C25H17FN4O2/c26-23-17(7-4-10-28-23)16-8-9-21-18(11-16)25(14-31-24(27)30-25)19-12-20(29-13-22(19)32-21)15-5-2-1-3-6-15/h1-13H,14H2,(H2,27,30)/t25-/m0/s1. The zero-order chi connectivity index (χ0) is 21.7. The number of hydrogen-bond donors (Lipinski definition) is 1. The number of aromatic nitrogens is 2. The van der Waals surface area contributed by atoms with Crippen molar-refractivity contribution in [3.05, 3.63) is 96.2 Å². The summed E-state index contributed by atoms with van der Waals surface area (Å²) in [6.45, 7) is 0.208. The minimum atomic E-state index is -0.922. The maximum absolute atomic E-state index is 14.4. The van der Waals surface area contributed by atoms with E-state index in [1.165, 1.54) is 6.20 Å². The van der Waals surface area contributed by atoms with Gasteiger partial charge in [-0.15, -0.1) is 0 Å². The molecule has 0 saturated heterocycles. The van der Waals surface area contributed by atoms with E-state index in [-0.39, 0.29) is 12.6 Å². The molecule has 6 rings (SSSR count). The molecular formula is C25H17FN4O2. The molecule has 2 aliphatic heterocycles. The van der Waals surface area contributed by atoms with Gasteiger partial charge in [0.15, 0.2) is 11.3 Å². The molecule has 1 atom stereocenters. The molecule has 2 aliphatic rings. The van der Waals surface area contributed by atoms with Crippen LogP contribution in [0.25, 0.3) is 22.4 Å². The van der Waals surface area contributed by atoms with Crippen molar-refractivity contribution in [3.8, 4) is 33.9 Å². The molecule has 2 aromatic heterocycles. The van der Waals surface area contributed by atoms with Crippen LogP contribution in [0.5, 0.6) is 11.5 Å². The third-order valence-electron chi connectivity index (χ3n) is 5.83. The van der Waals surface area contributed by atoms with Crippen LogP contribution in [0, 0.1) is 5.95 Å². The predicted molar refractivity (Wildman–Crippen MR) is 118 cm³/mol. The molecule has 0 bridgehead atoms. The summed E-state index contributed by atoms with van der Waals surface area (Å²) in [7, 11) is 0. The summed E-state index contributed by atoms with van der Waals surface area (Å²) < 4.78 is 26.2. The Morgan fingerprint density at radius 1 is 0.875 bits per heavy atom. The van der Waals surface area contributed by atoms with Gasteiger partial charge in [-0.2, -0.15) is 4.39 Å². The average Bonchev–Trinajstić information content (AvgIpc) is 3.22. The van der Waals surface area contributed by atoms with Gasteiger partial charge in [-0.3, -0.25) is 4.98 Å². The van der Waals surface area contributed by atoms with Gasteiger partial charge in [0.2, 0.25) is 5.95 Å². The van der Waals surface area contributed by atoms with E-state index in [2.05, 4.69) is 9.97 Å². The number of halogens is 1. The highest BCUT2D eigenvalue weighted by Crippen LogP contribution is 2.52. The third-order valence-corrected chi connectivity index (χ3v) is 5.83. The lowest BCUT2D eigenvalue weighted by Gasteiger charge is -2.33. The molecular weight excluding hydrogens is 407 g/mol. The first-order valence-corrected chi connectivity index (χ1v) is 10.1. The smallest absolute Gasteiger partial charge is 0.283 e. The summed E-state index contributed by atoms with van der Waals surface area (Å²) in [5, 5.41) is 0. The van der Waals surface area contributed by atoms with Gasteiger partial charge in [0, 0.05) is 28.5 Å². The van der Waals surface area contributed by atoms with Crippen LogP contribution in [-0.2, 0) is 10.3 Å². The van der Waals surface area contributed by atoms with Crippen molar-refractivity contribution in [1.82, 2.24) is 9.97 Å². The molecule has 0 saturated carbocycles. The van der Waals surface area contributed by atoms with Gasteiger partial charge in [-0.05, 0) is 35.9 Å². The highest BCUT2D eigenvalue weighted by atomic mass is 19.1. The number of ether oxygens (including phenoxy) is 2. The fourth-order valence-corrected chi connectivity index (χ4v) is 4.30. The molecule has 4 aromatic rings. The minimum Gasteiger partial charge on any atom is -0.462 e. The van der Waals surface area contributed by atoms with E-state index in [1.54, 1.807) is 30.5 Å². The second-order valence-electron chi connectivity index (χ2n) is 7.69. The van der Waals surface area contributed by atoms with Gasteiger partial charge in [0.25, 0.3) is 6.02 Å². The van der Waals surface area contributed by atoms with Crippen molar-refractivity contribution < 1.29 is 13.9 Å². The first-order valence-electron chi connectivity index (χ1n) is 10.1. The number of amidine groups is 1. The van der Waals surface area contributed by atoms with E-state index in [4.69, 9.17) is 20.2 Å². The number of nitrogens with zero attached hydrogens (tertiary/aromatic N) is 3. The average molecular weight is 424 g/mol. The Bertz CT molecular complexity index is 1390. The molecule has 1 spiro atoms. The molecule has 2 aromatic carbocycles. The largest absolute Gasteiger partial charge is 0.462 e. The van der Waals surface area contributed by atoms with Gasteiger partial charge >= 0.3 is 0 Å². The molecule has 6 nitrogen and oxygen atoms in total. The molecule has 2 N–H and O–H groups in total. The van der Waals surface area contributed by atoms with Gasteiger partial charge < -0.3 is 15.2 Å². The number of hydrogen-bond acceptors (Lipinski definition) is 6. The highest BCUT2D eigenvalue weighted by Gasteiger charge is 2.47. The van der Waals surface area contributed by atoms with Crippen LogP contribution >= 0.6 is 0 Å². The van der Waals surface area contributed by atoms with E-state index < -0.39 is 11.5 Å². The molecule has 7 heteroatoms. The van der Waals surface area contributed by atoms with E-state index in [1.807, 2.05) is 42.5 Å². The molecule has 156 valence electrons. The Balaban J connectivity index is 1.57. The lowest BCUT2D eigenvalue weighted by atomic mass is 9.80. The topological polar surface area (TPSA) is 82.6 Å². The van der Waals surface area contributed by atoms with Crippen molar-refractivity contribution in [2.45, 2.75) is 5.54 Å². The van der Waals surface area contributed by atoms with Crippen LogP contribution in [0.3, 0.4) is 0 Å². The Morgan fingerprint density at radius 2 is 1.72 bits per heavy atom. The fourth-order valence-electron chi connectivity index (χ4n) is 4.30. The Labute approximate surface area is 183 Å². The van der Waals surface area contributed by atoms with Crippen molar-refractivity contribution in [3.63, 3.8) is 0 Å². The molecule has 0 amide bonds. The number of rotatable bonds is 2. The van der Waals surface area contributed by atoms with Gasteiger partial charge in [-0.1, -0.05) is 36.4 Å². The van der Waals surface area contributed by atoms with E-state index in [9.17, 15) is 4.39 Å². The van der Waals surface area contributed by atoms with Crippen LogP contribution in [0.2, 0.25) is 0 Å². The Hall–Kier alpha value is -4.26. The van der Waals surface area contributed by atoms with E-state index in [0.717, 1.165) is 22.4 Å². The quantitative estimate of drug-likeness (QED) is 0.474. The summed E-state index contributed by atoms with van der Waals surface area (Å²) >= 11 is 0. The summed E-state index contributed by atoms with van der Waals surface area (Å²) in [6, 6.07) is 20.8. The number of nitrogens with two attached hydrogens (primary N) is 1. The summed E-state index contributed by atoms with van der Waals surface area (Å²) in [5.74, 6) is 0.640. The monoisotopic (exact) mass is 424 g/mol. The lowest BCUT2D eigenvalue weighted by molar-refractivity contribution is 0.264. The molecule has 0 radical (unpaired) electrons. The van der Waals surface area contributed by atoms with E-state index >= 15 is 0 Å². The molecule has 4 heterocycles. The summed E-state index contributed by atoms with van der Waals surface area (Å²) in [4.78, 5) is 13.1. The van der Waals surface area contributed by atoms with Crippen LogP contribution < -0.4 is 10.5 Å². The van der Waals surface area contributed by atoms with Crippen LogP contribution in [0.1, 0.15) is 11.1 Å². The van der Waals surface area contributed by atoms with Crippen LogP contribution in [-0.4, -0.2) is 22.6 Å². The Morgan fingerprint density at radius 3 is 2.50 bits per heavy atom. The van der Waals surface area contributed by atoms with Gasteiger partial charge in [0.05, 0.1) is 11.9 Å². The maximum Gasteiger partial charge on any atom is 0.283 e. The number of aliphatic imine (C=N–C) groups is 1. The van der Waals surface area contributed by atoms with Crippen molar-refractivity contribution in [1.29, 1.82) is 0 Å². The maximum atomic E-state index is 14.4. The molecule has 0 aliphatic carbocycles.